The van der Waals surface area contributed by atoms with Crippen LogP contribution in [0.1, 0.15) is 17.4 Å². The van der Waals surface area contributed by atoms with Gasteiger partial charge in [0, 0.05) is 12.2 Å². The number of methoxy groups -OCH3 is 1. The maximum atomic E-state index is 11.1. The van der Waals surface area contributed by atoms with Gasteiger partial charge in [-0.15, -0.1) is 5.10 Å². The van der Waals surface area contributed by atoms with Crippen molar-refractivity contribution in [2.24, 2.45) is 0 Å². The molecule has 0 radical (unpaired) electrons. The quantitative estimate of drug-likeness (QED) is 0.853. The maximum absolute atomic E-state index is 11.1. The van der Waals surface area contributed by atoms with E-state index < -0.39 is 5.97 Å². The average Bonchev–Trinajstić information content (AvgIpc) is 2.82. The highest BCUT2D eigenvalue weighted by Gasteiger charge is 2.18. The van der Waals surface area contributed by atoms with Crippen molar-refractivity contribution in [3.05, 3.63) is 30.0 Å². The molecule has 0 fully saturated rings. The Morgan fingerprint density at radius 2 is 2.11 bits per heavy atom. The first kappa shape index (κ1) is 12.9. The van der Waals surface area contributed by atoms with Crippen molar-refractivity contribution >= 4 is 17.5 Å². The molecular formula is C12H14N4O3. The Morgan fingerprint density at radius 3 is 2.63 bits per heavy atom. The molecule has 0 aliphatic rings. The number of carbonyl (C=O) groups is 1. The highest BCUT2D eigenvalue weighted by molar-refractivity contribution is 5.91. The zero-order chi connectivity index (χ0) is 13.8. The number of nitrogens with zero attached hydrogens (tertiary/aromatic N) is 3. The molecule has 0 amide bonds. The van der Waals surface area contributed by atoms with Gasteiger partial charge in [0.15, 0.2) is 5.82 Å². The summed E-state index contributed by atoms with van der Waals surface area (Å²) < 4.78 is 6.55. The lowest BCUT2D eigenvalue weighted by atomic mass is 10.3. The Morgan fingerprint density at radius 1 is 1.42 bits per heavy atom. The van der Waals surface area contributed by atoms with Crippen LogP contribution >= 0.6 is 0 Å². The fraction of sp³-hybridized carbons (Fsp3) is 0.250. The van der Waals surface area contributed by atoms with Gasteiger partial charge >= 0.3 is 5.97 Å². The molecule has 0 bridgehead atoms. The Hall–Kier alpha value is -2.57. The van der Waals surface area contributed by atoms with Crippen LogP contribution in [0, 0.1) is 0 Å². The molecule has 7 heteroatoms. The number of rotatable bonds is 5. The van der Waals surface area contributed by atoms with Gasteiger partial charge < -0.3 is 15.2 Å². The van der Waals surface area contributed by atoms with E-state index in [0.29, 0.717) is 12.4 Å². The molecule has 0 unspecified atom stereocenters. The van der Waals surface area contributed by atoms with Crippen LogP contribution in [-0.4, -0.2) is 33.2 Å². The molecule has 0 saturated heterocycles. The summed E-state index contributed by atoms with van der Waals surface area (Å²) in [4.78, 5) is 11.1. The highest BCUT2D eigenvalue weighted by Crippen LogP contribution is 2.21. The zero-order valence-corrected chi connectivity index (χ0v) is 10.6. The lowest BCUT2D eigenvalue weighted by molar-refractivity contribution is 0.0691. The predicted molar refractivity (Wildman–Crippen MR) is 68.9 cm³/mol. The van der Waals surface area contributed by atoms with E-state index in [1.54, 1.807) is 31.4 Å². The molecular weight excluding hydrogens is 248 g/mol. The van der Waals surface area contributed by atoms with Gasteiger partial charge in [-0.05, 0) is 31.2 Å². The summed E-state index contributed by atoms with van der Waals surface area (Å²) in [6.07, 6.45) is 0. The second kappa shape index (κ2) is 5.38. The number of aromatic carboxylic acids is 1. The molecule has 2 aromatic rings. The van der Waals surface area contributed by atoms with Gasteiger partial charge in [-0.3, -0.25) is 0 Å². The number of benzene rings is 1. The number of anilines is 2. The number of ether oxygens (including phenoxy) is 1. The van der Waals surface area contributed by atoms with E-state index in [0.717, 1.165) is 11.4 Å². The molecule has 100 valence electrons. The first-order chi connectivity index (χ1) is 9.15. The van der Waals surface area contributed by atoms with Gasteiger partial charge in [0.1, 0.15) is 5.75 Å². The number of aromatic nitrogens is 3. The largest absolute Gasteiger partial charge is 0.497 e. The lowest BCUT2D eigenvalue weighted by Gasteiger charge is -2.08. The number of aryl methyl sites for hydroxylation is 1. The van der Waals surface area contributed by atoms with Gasteiger partial charge in [0.2, 0.25) is 5.69 Å². The molecule has 1 aromatic heterocycles. The van der Waals surface area contributed by atoms with E-state index in [4.69, 9.17) is 9.84 Å². The van der Waals surface area contributed by atoms with E-state index in [1.807, 2.05) is 6.92 Å². The molecule has 1 heterocycles. The molecule has 0 saturated carbocycles. The van der Waals surface area contributed by atoms with Crippen molar-refractivity contribution < 1.29 is 14.6 Å². The van der Waals surface area contributed by atoms with Gasteiger partial charge in [-0.2, -0.15) is 0 Å². The third-order valence-corrected chi connectivity index (χ3v) is 2.59. The minimum absolute atomic E-state index is 0.0994. The van der Waals surface area contributed by atoms with Crippen LogP contribution in [0.2, 0.25) is 0 Å². The maximum Gasteiger partial charge on any atom is 0.360 e. The van der Waals surface area contributed by atoms with Crippen LogP contribution in [0.25, 0.3) is 0 Å². The molecule has 2 rings (SSSR count). The third-order valence-electron chi connectivity index (χ3n) is 2.59. The fourth-order valence-electron chi connectivity index (χ4n) is 1.61. The second-order valence-corrected chi connectivity index (χ2v) is 3.76. The van der Waals surface area contributed by atoms with Crippen LogP contribution in [0.15, 0.2) is 24.3 Å². The molecule has 1 aromatic carbocycles. The first-order valence-electron chi connectivity index (χ1n) is 5.73. The smallest absolute Gasteiger partial charge is 0.360 e. The minimum atomic E-state index is -1.12. The first-order valence-corrected chi connectivity index (χ1v) is 5.73. The van der Waals surface area contributed by atoms with Crippen molar-refractivity contribution in [2.45, 2.75) is 13.5 Å². The van der Waals surface area contributed by atoms with Crippen LogP contribution in [0.4, 0.5) is 11.5 Å². The highest BCUT2D eigenvalue weighted by atomic mass is 16.5. The second-order valence-electron chi connectivity index (χ2n) is 3.76. The molecule has 0 aliphatic carbocycles. The molecule has 2 N–H and O–H groups in total. The number of carboxylic acid groups (broad SMARTS) is 1. The fourth-order valence-corrected chi connectivity index (χ4v) is 1.61. The van der Waals surface area contributed by atoms with Crippen molar-refractivity contribution in [1.29, 1.82) is 0 Å². The summed E-state index contributed by atoms with van der Waals surface area (Å²) in [7, 11) is 1.58. The van der Waals surface area contributed by atoms with E-state index in [1.165, 1.54) is 4.68 Å². The van der Waals surface area contributed by atoms with Crippen molar-refractivity contribution in [1.82, 2.24) is 15.0 Å². The lowest BCUT2D eigenvalue weighted by Crippen LogP contribution is -2.06. The van der Waals surface area contributed by atoms with Crippen LogP contribution in [0.5, 0.6) is 5.75 Å². The van der Waals surface area contributed by atoms with Crippen molar-refractivity contribution in [3.63, 3.8) is 0 Å². The predicted octanol–water partition coefficient (Wildman–Crippen LogP) is 1.75. The van der Waals surface area contributed by atoms with Crippen molar-refractivity contribution in [2.75, 3.05) is 12.4 Å². The average molecular weight is 262 g/mol. The Bertz CT molecular complexity index is 577. The van der Waals surface area contributed by atoms with E-state index in [9.17, 15) is 4.79 Å². The Balaban J connectivity index is 2.30. The molecule has 0 aliphatic heterocycles. The van der Waals surface area contributed by atoms with Crippen LogP contribution in [-0.2, 0) is 6.54 Å². The summed E-state index contributed by atoms with van der Waals surface area (Å²) in [5.41, 5.74) is 0.637. The number of hydrogen-bond donors (Lipinski definition) is 2. The van der Waals surface area contributed by atoms with E-state index >= 15 is 0 Å². The van der Waals surface area contributed by atoms with E-state index in [-0.39, 0.29) is 5.69 Å². The summed E-state index contributed by atoms with van der Waals surface area (Å²) in [5, 5.41) is 19.5. The number of nitrogens with one attached hydrogen (secondary N) is 1. The zero-order valence-electron chi connectivity index (χ0n) is 10.6. The summed E-state index contributed by atoms with van der Waals surface area (Å²) >= 11 is 0. The monoisotopic (exact) mass is 262 g/mol. The molecule has 0 atom stereocenters. The summed E-state index contributed by atoms with van der Waals surface area (Å²) in [5.74, 6) is -0.0259. The Kier molecular flexibility index (Phi) is 3.65. The normalized spacial score (nSPS) is 10.2. The van der Waals surface area contributed by atoms with Gasteiger partial charge in [-0.1, -0.05) is 5.21 Å². The summed E-state index contributed by atoms with van der Waals surface area (Å²) in [6.45, 7) is 2.39. The number of hydrogen-bond acceptors (Lipinski definition) is 5. The molecule has 0 spiro atoms. The minimum Gasteiger partial charge on any atom is -0.497 e. The summed E-state index contributed by atoms with van der Waals surface area (Å²) in [6, 6.07) is 7.14. The van der Waals surface area contributed by atoms with Crippen LogP contribution < -0.4 is 10.1 Å². The van der Waals surface area contributed by atoms with Crippen LogP contribution in [0.3, 0.4) is 0 Å². The van der Waals surface area contributed by atoms with Gasteiger partial charge in [0.25, 0.3) is 0 Å². The van der Waals surface area contributed by atoms with E-state index in [2.05, 4.69) is 15.6 Å². The standard InChI is InChI=1S/C12H14N4O3/c1-3-16-11(10(12(17)18)14-15-16)13-8-4-6-9(19-2)7-5-8/h4-7,13H,3H2,1-2H3,(H,17,18). The van der Waals surface area contributed by atoms with Gasteiger partial charge in [-0.25, -0.2) is 9.48 Å². The van der Waals surface area contributed by atoms with Gasteiger partial charge in [0.05, 0.1) is 7.11 Å². The molecule has 7 nitrogen and oxygen atoms in total. The SMILES string of the molecule is CCn1nnc(C(=O)O)c1Nc1ccc(OC)cc1. The Labute approximate surface area is 109 Å². The topological polar surface area (TPSA) is 89.3 Å². The number of carboxylic acids is 1. The third kappa shape index (κ3) is 2.65. The molecule has 19 heavy (non-hydrogen) atoms. The van der Waals surface area contributed by atoms with Crippen molar-refractivity contribution in [3.8, 4) is 5.75 Å².